The fraction of sp³-hybridized carbons (Fsp3) is 0.750. The summed E-state index contributed by atoms with van der Waals surface area (Å²) in [5.74, 6) is 2.85. The molecule has 1 atom stereocenters. The van der Waals surface area contributed by atoms with E-state index in [1.165, 1.54) is 0 Å². The smallest absolute Gasteiger partial charge is 0.407 e. The van der Waals surface area contributed by atoms with Crippen molar-refractivity contribution in [2.45, 2.75) is 43.7 Å². The summed E-state index contributed by atoms with van der Waals surface area (Å²) in [6, 6.07) is -0.0757. The third kappa shape index (κ3) is 2.91. The Hall–Kier alpha value is -1.74. The van der Waals surface area contributed by atoms with E-state index >= 15 is 0 Å². The number of nitrogens with one attached hydrogen (secondary N) is 1. The van der Waals surface area contributed by atoms with Gasteiger partial charge in [0.05, 0.1) is 18.1 Å². The summed E-state index contributed by atoms with van der Waals surface area (Å²) in [5.41, 5.74) is -0.265. The van der Waals surface area contributed by atoms with Gasteiger partial charge in [0.15, 0.2) is 0 Å². The van der Waals surface area contributed by atoms with Gasteiger partial charge in [-0.2, -0.15) is 0 Å². The van der Waals surface area contributed by atoms with Crippen molar-refractivity contribution in [3.63, 3.8) is 0 Å². The lowest BCUT2D eigenvalue weighted by atomic mass is 9.88. The normalized spacial score (nSPS) is 28.0. The van der Waals surface area contributed by atoms with Gasteiger partial charge in [0.2, 0.25) is 5.91 Å². The average Bonchev–Trinajstić information content (AvgIpc) is 2.89. The molecule has 3 rings (SSSR count). The Kier molecular flexibility index (Phi) is 4.25. The molecule has 0 aromatic carbocycles. The zero-order valence-electron chi connectivity index (χ0n) is 12.8. The fourth-order valence-electron chi connectivity index (χ4n) is 3.70. The van der Waals surface area contributed by atoms with Gasteiger partial charge in [-0.05, 0) is 32.2 Å². The summed E-state index contributed by atoms with van der Waals surface area (Å²) in [6.45, 7) is 3.20. The largest absolute Gasteiger partial charge is 0.447 e. The Balaban J connectivity index is 1.59. The molecule has 22 heavy (non-hydrogen) atoms. The Morgan fingerprint density at radius 3 is 2.77 bits per heavy atom. The van der Waals surface area contributed by atoms with Crippen LogP contribution in [0.25, 0.3) is 0 Å². The predicted molar refractivity (Wildman–Crippen MR) is 81.1 cm³/mol. The third-order valence-corrected chi connectivity index (χ3v) is 5.07. The van der Waals surface area contributed by atoms with Gasteiger partial charge in [0.25, 0.3) is 0 Å². The summed E-state index contributed by atoms with van der Waals surface area (Å²) >= 11 is 0. The molecule has 6 heteroatoms. The van der Waals surface area contributed by atoms with E-state index < -0.39 is 0 Å². The van der Waals surface area contributed by atoms with Crippen LogP contribution in [0.5, 0.6) is 0 Å². The van der Waals surface area contributed by atoms with Gasteiger partial charge < -0.3 is 15.0 Å². The Morgan fingerprint density at radius 2 is 2.14 bits per heavy atom. The molecule has 3 aliphatic heterocycles. The SMILES string of the molecule is C#CCN1CCCC[C@@H]1C(=O)N1CCC2(CC1)COC(=O)N2. The Labute approximate surface area is 131 Å². The van der Waals surface area contributed by atoms with E-state index in [0.29, 0.717) is 26.2 Å². The van der Waals surface area contributed by atoms with Crippen LogP contribution in [0.2, 0.25) is 0 Å². The maximum absolute atomic E-state index is 12.8. The van der Waals surface area contributed by atoms with Crippen LogP contribution in [-0.2, 0) is 9.53 Å². The standard InChI is InChI=1S/C16H23N3O3/c1-2-8-18-9-4-3-5-13(18)14(20)19-10-6-16(7-11-19)12-22-15(21)17-16/h1,13H,3-12H2,(H,17,21)/t13-/m1/s1. The number of rotatable bonds is 2. The molecule has 0 bridgehead atoms. The maximum Gasteiger partial charge on any atom is 0.407 e. The summed E-state index contributed by atoms with van der Waals surface area (Å²) in [6.07, 6.45) is 9.68. The molecule has 120 valence electrons. The van der Waals surface area contributed by atoms with E-state index in [9.17, 15) is 9.59 Å². The van der Waals surface area contributed by atoms with Crippen molar-refractivity contribution < 1.29 is 14.3 Å². The lowest BCUT2D eigenvalue weighted by molar-refractivity contribution is -0.139. The van der Waals surface area contributed by atoms with Gasteiger partial charge in [-0.1, -0.05) is 12.3 Å². The first-order chi connectivity index (χ1) is 10.6. The highest BCUT2D eigenvalue weighted by Crippen LogP contribution is 2.28. The number of carbonyl (C=O) groups excluding carboxylic acids is 2. The molecule has 6 nitrogen and oxygen atoms in total. The summed E-state index contributed by atoms with van der Waals surface area (Å²) in [4.78, 5) is 28.1. The van der Waals surface area contributed by atoms with Crippen molar-refractivity contribution in [3.05, 3.63) is 0 Å². The van der Waals surface area contributed by atoms with Crippen LogP contribution < -0.4 is 5.32 Å². The van der Waals surface area contributed by atoms with E-state index in [4.69, 9.17) is 11.2 Å². The van der Waals surface area contributed by atoms with Crippen molar-refractivity contribution in [2.24, 2.45) is 0 Å². The molecule has 3 fully saturated rings. The topological polar surface area (TPSA) is 61.9 Å². The number of carbonyl (C=O) groups is 2. The van der Waals surface area contributed by atoms with Crippen LogP contribution in [-0.4, -0.2) is 66.2 Å². The van der Waals surface area contributed by atoms with Crippen molar-refractivity contribution >= 4 is 12.0 Å². The van der Waals surface area contributed by atoms with E-state index in [-0.39, 0.29) is 23.6 Å². The number of hydrogen-bond donors (Lipinski definition) is 1. The molecule has 0 saturated carbocycles. The van der Waals surface area contributed by atoms with Crippen molar-refractivity contribution in [1.29, 1.82) is 0 Å². The third-order valence-electron chi connectivity index (χ3n) is 5.07. The molecular weight excluding hydrogens is 282 g/mol. The second-order valence-electron chi connectivity index (χ2n) is 6.49. The van der Waals surface area contributed by atoms with Crippen LogP contribution in [0.1, 0.15) is 32.1 Å². The highest BCUT2D eigenvalue weighted by atomic mass is 16.6. The maximum atomic E-state index is 12.8. The summed E-state index contributed by atoms with van der Waals surface area (Å²) in [7, 11) is 0. The molecule has 0 aromatic rings. The number of alkyl carbamates (subject to hydrolysis) is 1. The zero-order valence-corrected chi connectivity index (χ0v) is 12.8. The zero-order chi connectivity index (χ0) is 15.6. The lowest BCUT2D eigenvalue weighted by Crippen LogP contribution is -2.57. The van der Waals surface area contributed by atoms with Gasteiger partial charge in [-0.25, -0.2) is 4.79 Å². The van der Waals surface area contributed by atoms with Crippen LogP contribution in [0, 0.1) is 12.3 Å². The minimum atomic E-state index is -0.341. The Bertz CT molecular complexity index is 491. The van der Waals surface area contributed by atoms with Crippen molar-refractivity contribution in [2.75, 3.05) is 32.8 Å². The lowest BCUT2D eigenvalue weighted by Gasteiger charge is -2.41. The minimum Gasteiger partial charge on any atom is -0.447 e. The molecule has 0 radical (unpaired) electrons. The van der Waals surface area contributed by atoms with Crippen molar-refractivity contribution in [1.82, 2.24) is 15.1 Å². The molecule has 0 aliphatic carbocycles. The summed E-state index contributed by atoms with van der Waals surface area (Å²) in [5, 5.41) is 2.90. The first-order valence-electron chi connectivity index (χ1n) is 8.05. The number of hydrogen-bond acceptors (Lipinski definition) is 4. The predicted octanol–water partition coefficient (Wildman–Crippen LogP) is 0.575. The molecule has 3 heterocycles. The van der Waals surface area contributed by atoms with Gasteiger partial charge >= 0.3 is 6.09 Å². The second-order valence-corrected chi connectivity index (χ2v) is 6.49. The second kappa shape index (κ2) is 6.17. The highest BCUT2D eigenvalue weighted by molar-refractivity contribution is 5.82. The minimum absolute atomic E-state index is 0.0757. The fourth-order valence-corrected chi connectivity index (χ4v) is 3.70. The van der Waals surface area contributed by atoms with Crippen LogP contribution in [0.15, 0.2) is 0 Å². The molecule has 0 unspecified atom stereocenters. The molecule has 3 aliphatic rings. The Morgan fingerprint density at radius 1 is 1.36 bits per heavy atom. The van der Waals surface area contributed by atoms with Gasteiger partial charge in [0.1, 0.15) is 6.61 Å². The van der Waals surface area contributed by atoms with E-state index in [2.05, 4.69) is 16.1 Å². The number of terminal acetylenes is 1. The van der Waals surface area contributed by atoms with E-state index in [1.807, 2.05) is 4.90 Å². The number of ether oxygens (including phenoxy) is 1. The number of amides is 2. The van der Waals surface area contributed by atoms with Crippen LogP contribution >= 0.6 is 0 Å². The molecule has 3 saturated heterocycles. The molecule has 0 aromatic heterocycles. The molecule has 1 spiro atoms. The molecular formula is C16H23N3O3. The average molecular weight is 305 g/mol. The first kappa shape index (κ1) is 15.2. The number of nitrogens with zero attached hydrogens (tertiary/aromatic N) is 2. The molecule has 1 N–H and O–H groups in total. The number of cyclic esters (lactones) is 1. The monoisotopic (exact) mass is 305 g/mol. The quantitative estimate of drug-likeness (QED) is 0.758. The van der Waals surface area contributed by atoms with Crippen LogP contribution in [0.3, 0.4) is 0 Å². The van der Waals surface area contributed by atoms with E-state index in [0.717, 1.165) is 38.6 Å². The highest BCUT2D eigenvalue weighted by Gasteiger charge is 2.44. The van der Waals surface area contributed by atoms with Crippen LogP contribution in [0.4, 0.5) is 4.79 Å². The first-order valence-corrected chi connectivity index (χ1v) is 8.05. The van der Waals surface area contributed by atoms with Crippen molar-refractivity contribution in [3.8, 4) is 12.3 Å². The van der Waals surface area contributed by atoms with E-state index in [1.54, 1.807) is 0 Å². The van der Waals surface area contributed by atoms with Gasteiger partial charge in [0, 0.05) is 13.1 Å². The summed E-state index contributed by atoms with van der Waals surface area (Å²) < 4.78 is 5.02. The van der Waals surface area contributed by atoms with Gasteiger partial charge in [-0.3, -0.25) is 9.69 Å². The number of piperidine rings is 2. The van der Waals surface area contributed by atoms with Gasteiger partial charge in [-0.15, -0.1) is 6.42 Å². The molecule has 2 amide bonds. The number of likely N-dealkylation sites (tertiary alicyclic amines) is 2.